The minimum absolute atomic E-state index is 0.00538. The van der Waals surface area contributed by atoms with E-state index < -0.39 is 41.7 Å². The van der Waals surface area contributed by atoms with Crippen LogP contribution in [0.2, 0.25) is 0 Å². The van der Waals surface area contributed by atoms with E-state index in [9.17, 15) is 19.2 Å². The van der Waals surface area contributed by atoms with Gasteiger partial charge in [0.1, 0.15) is 29.2 Å². The molecular weight excluding hydrogens is 748 g/mol. The Balaban J connectivity index is 1.69. The van der Waals surface area contributed by atoms with Crippen molar-refractivity contribution in [2.45, 2.75) is 59.7 Å². The second-order valence-corrected chi connectivity index (χ2v) is 15.1. The fourth-order valence-electron chi connectivity index (χ4n) is 6.52. The van der Waals surface area contributed by atoms with Crippen molar-refractivity contribution in [2.75, 3.05) is 21.3 Å². The summed E-state index contributed by atoms with van der Waals surface area (Å²) in [6, 6.07) is 10.5. The third-order valence-corrected chi connectivity index (χ3v) is 10.2. The molecule has 0 aliphatic rings. The highest BCUT2D eigenvalue weighted by atomic mass is 16.6. The van der Waals surface area contributed by atoms with Gasteiger partial charge < -0.3 is 54.4 Å². The van der Waals surface area contributed by atoms with Crippen molar-refractivity contribution in [3.63, 3.8) is 0 Å². The first kappa shape index (κ1) is 41.5. The molecule has 6 rings (SSSR count). The number of pyridine rings is 1. The zero-order valence-electron chi connectivity index (χ0n) is 33.8. The molecule has 0 saturated heterocycles. The first-order chi connectivity index (χ1) is 27.5. The summed E-state index contributed by atoms with van der Waals surface area (Å²) in [6.45, 7) is 10.8. The van der Waals surface area contributed by atoms with Gasteiger partial charge in [0.2, 0.25) is 0 Å². The number of aromatic nitrogens is 1. The van der Waals surface area contributed by atoms with Crippen molar-refractivity contribution in [2.24, 2.45) is 35.0 Å². The number of rotatable bonds is 13. The molecule has 6 aromatic rings. The molecule has 3 atom stereocenters. The van der Waals surface area contributed by atoms with Crippen LogP contribution >= 0.6 is 0 Å². The SMILES string of the molecule is COc1cc(-c2c3c4cc(OC)c(OC(=O)[C@H](N)C(C)C)cc4oc(=O)c3n3ccc4cc(OC(=O)[C@H](N)C(C)C)c(OC)cc4c23)ccc1OC(=O)[C@H](N)C(C)C. The van der Waals surface area contributed by atoms with Gasteiger partial charge in [-0.25, -0.2) is 19.2 Å². The predicted molar refractivity (Wildman–Crippen MR) is 219 cm³/mol. The van der Waals surface area contributed by atoms with E-state index in [1.165, 1.54) is 27.4 Å². The summed E-state index contributed by atoms with van der Waals surface area (Å²) in [4.78, 5) is 53.0. The summed E-state index contributed by atoms with van der Waals surface area (Å²) >= 11 is 0. The fraction of sp³-hybridized carbons (Fsp3) is 0.349. The molecule has 15 nitrogen and oxygen atoms in total. The maximum Gasteiger partial charge on any atom is 0.361 e. The van der Waals surface area contributed by atoms with Gasteiger partial charge in [-0.15, -0.1) is 0 Å². The molecule has 0 spiro atoms. The van der Waals surface area contributed by atoms with E-state index in [1.807, 2.05) is 27.7 Å². The molecule has 0 unspecified atom stereocenters. The van der Waals surface area contributed by atoms with Crippen molar-refractivity contribution in [3.8, 4) is 45.6 Å². The first-order valence-corrected chi connectivity index (χ1v) is 18.7. The van der Waals surface area contributed by atoms with Crippen LogP contribution in [0.4, 0.5) is 0 Å². The van der Waals surface area contributed by atoms with Crippen molar-refractivity contribution < 1.29 is 47.2 Å². The van der Waals surface area contributed by atoms with Crippen molar-refractivity contribution >= 4 is 56.1 Å². The first-order valence-electron chi connectivity index (χ1n) is 18.7. The average molecular weight is 797 g/mol. The number of benzene rings is 3. The monoisotopic (exact) mass is 796 g/mol. The second-order valence-electron chi connectivity index (χ2n) is 15.1. The smallest absolute Gasteiger partial charge is 0.361 e. The zero-order valence-corrected chi connectivity index (χ0v) is 33.8. The molecular formula is C43H48N4O11. The van der Waals surface area contributed by atoms with Gasteiger partial charge in [0.25, 0.3) is 0 Å². The van der Waals surface area contributed by atoms with E-state index in [2.05, 4.69) is 0 Å². The summed E-state index contributed by atoms with van der Waals surface area (Å²) in [5.41, 5.74) is 19.4. The fourth-order valence-corrected chi connectivity index (χ4v) is 6.52. The third kappa shape index (κ3) is 7.51. The lowest BCUT2D eigenvalue weighted by Gasteiger charge is -2.17. The molecule has 0 bridgehead atoms. The third-order valence-electron chi connectivity index (χ3n) is 10.2. The van der Waals surface area contributed by atoms with E-state index in [-0.39, 0.29) is 63.4 Å². The van der Waals surface area contributed by atoms with Crippen LogP contribution in [0.1, 0.15) is 41.5 Å². The lowest BCUT2D eigenvalue weighted by molar-refractivity contribution is -0.137. The molecule has 6 N–H and O–H groups in total. The van der Waals surface area contributed by atoms with Crippen LogP contribution in [0.25, 0.3) is 49.3 Å². The van der Waals surface area contributed by atoms with Gasteiger partial charge in [-0.2, -0.15) is 0 Å². The van der Waals surface area contributed by atoms with Gasteiger partial charge in [-0.3, -0.25) is 0 Å². The molecule has 3 aromatic heterocycles. The number of fused-ring (bicyclic) bond motifs is 7. The number of ether oxygens (including phenoxy) is 6. The highest BCUT2D eigenvalue weighted by molar-refractivity contribution is 6.22. The number of nitrogens with zero attached hydrogens (tertiary/aromatic N) is 1. The quantitative estimate of drug-likeness (QED) is 0.0725. The Morgan fingerprint density at radius 3 is 1.59 bits per heavy atom. The Hall–Kier alpha value is -6.16. The number of esters is 3. The summed E-state index contributed by atoms with van der Waals surface area (Å²) < 4.78 is 41.9. The summed E-state index contributed by atoms with van der Waals surface area (Å²) in [5.74, 6) is -1.60. The Bertz CT molecular complexity index is 2640. The van der Waals surface area contributed by atoms with Gasteiger partial charge in [0.05, 0.1) is 26.8 Å². The van der Waals surface area contributed by atoms with E-state index in [0.29, 0.717) is 38.2 Å². The van der Waals surface area contributed by atoms with Crippen molar-refractivity contribution in [1.82, 2.24) is 4.40 Å². The number of hydrogen-bond acceptors (Lipinski definition) is 14. The molecule has 3 heterocycles. The maximum atomic E-state index is 14.2. The molecule has 0 radical (unpaired) electrons. The number of methoxy groups -OCH3 is 3. The lowest BCUT2D eigenvalue weighted by Crippen LogP contribution is -2.38. The van der Waals surface area contributed by atoms with Crippen molar-refractivity contribution in [1.29, 1.82) is 0 Å². The van der Waals surface area contributed by atoms with E-state index in [4.69, 9.17) is 50.0 Å². The number of carbonyl (C=O) groups excluding carboxylic acids is 3. The molecule has 3 aromatic carbocycles. The van der Waals surface area contributed by atoms with Gasteiger partial charge in [-0.1, -0.05) is 47.6 Å². The number of carbonyl (C=O) groups is 3. The molecule has 0 aliphatic carbocycles. The van der Waals surface area contributed by atoms with Crippen LogP contribution in [0, 0.1) is 17.8 Å². The molecule has 0 aliphatic heterocycles. The molecule has 0 amide bonds. The summed E-state index contributed by atoms with van der Waals surface area (Å²) in [7, 11) is 4.30. The number of nitrogens with two attached hydrogens (primary N) is 3. The lowest BCUT2D eigenvalue weighted by atomic mass is 9.97. The Morgan fingerprint density at radius 1 is 0.586 bits per heavy atom. The summed E-state index contributed by atoms with van der Waals surface area (Å²) in [5, 5.41) is 2.10. The Morgan fingerprint density at radius 2 is 1.07 bits per heavy atom. The molecule has 306 valence electrons. The zero-order chi connectivity index (χ0) is 42.3. The van der Waals surface area contributed by atoms with Crippen LogP contribution in [-0.4, -0.2) is 61.8 Å². The van der Waals surface area contributed by atoms with Crippen molar-refractivity contribution in [3.05, 3.63) is 65.1 Å². The standard InChI is InChI=1S/C43H48N4O11/c1-19(2)35(44)40(48)55-26-11-10-23(15-28(26)52-7)33-34-25-17-30(54-9)32(58-42(50)37(46)21(5)6)18-27(25)56-43(51)39(34)47-13-12-22-14-31(57-41(49)36(45)20(3)4)29(53-8)16-24(22)38(33)47/h10-21,35-37H,44-46H2,1-9H3/t35-,36-,37-/m1/s1. The van der Waals surface area contributed by atoms with E-state index in [1.54, 1.807) is 66.9 Å². The highest BCUT2D eigenvalue weighted by Crippen LogP contribution is 2.46. The maximum absolute atomic E-state index is 14.2. The van der Waals surface area contributed by atoms with Gasteiger partial charge in [-0.05, 0) is 65.1 Å². The van der Waals surface area contributed by atoms with Gasteiger partial charge >= 0.3 is 23.5 Å². The van der Waals surface area contributed by atoms with Crippen LogP contribution in [0.5, 0.6) is 34.5 Å². The molecule has 15 heteroatoms. The average Bonchev–Trinajstić information content (AvgIpc) is 3.55. The normalized spacial score (nSPS) is 13.4. The second kappa shape index (κ2) is 16.4. The topological polar surface area (TPSA) is 219 Å². The number of hydrogen-bond donors (Lipinski definition) is 3. The minimum Gasteiger partial charge on any atom is -0.493 e. The predicted octanol–water partition coefficient (Wildman–Crippen LogP) is 5.71. The van der Waals surface area contributed by atoms with Crippen LogP contribution < -0.4 is 51.2 Å². The summed E-state index contributed by atoms with van der Waals surface area (Å²) in [6.07, 6.45) is 1.70. The van der Waals surface area contributed by atoms with Crippen LogP contribution in [0.15, 0.2) is 63.9 Å². The van der Waals surface area contributed by atoms with Crippen LogP contribution in [0.3, 0.4) is 0 Å². The van der Waals surface area contributed by atoms with E-state index >= 15 is 0 Å². The Kier molecular flexibility index (Phi) is 11.7. The van der Waals surface area contributed by atoms with Gasteiger partial charge in [0.15, 0.2) is 34.5 Å². The van der Waals surface area contributed by atoms with Crippen LogP contribution in [-0.2, 0) is 14.4 Å². The highest BCUT2D eigenvalue weighted by Gasteiger charge is 2.28. The molecule has 0 saturated carbocycles. The largest absolute Gasteiger partial charge is 0.493 e. The Labute approximate surface area is 333 Å². The van der Waals surface area contributed by atoms with Gasteiger partial charge in [0, 0.05) is 34.0 Å². The molecule has 0 fully saturated rings. The molecule has 58 heavy (non-hydrogen) atoms. The van der Waals surface area contributed by atoms with E-state index in [0.717, 1.165) is 0 Å². The minimum atomic E-state index is -0.919.